The molecular weight excluding hydrogens is 310 g/mol. The van der Waals surface area contributed by atoms with Gasteiger partial charge in [-0.1, -0.05) is 0 Å². The van der Waals surface area contributed by atoms with Gasteiger partial charge < -0.3 is 5.11 Å². The van der Waals surface area contributed by atoms with Crippen LogP contribution >= 0.6 is 0 Å². The van der Waals surface area contributed by atoms with Crippen molar-refractivity contribution in [3.8, 4) is 11.4 Å². The highest BCUT2D eigenvalue weighted by atomic mass is 32.2. The van der Waals surface area contributed by atoms with Crippen molar-refractivity contribution in [2.45, 2.75) is 6.54 Å². The fraction of sp³-hybridized carbons (Fsp3) is 0.273. The van der Waals surface area contributed by atoms with E-state index in [1.165, 1.54) is 26.5 Å². The lowest BCUT2D eigenvalue weighted by atomic mass is 10.3. The van der Waals surface area contributed by atoms with E-state index in [0.717, 1.165) is 9.10 Å². The maximum Gasteiger partial charge on any atom is 0.321 e. The quantitative estimate of drug-likeness (QED) is 0.346. The number of rotatable bonds is 5. The largest absolute Gasteiger partial charge is 0.857 e. The monoisotopic (exact) mass is 323 g/mol. The minimum atomic E-state index is -3.95. The van der Waals surface area contributed by atoms with E-state index in [1.54, 1.807) is 18.5 Å². The zero-order valence-electron chi connectivity index (χ0n) is 11.9. The van der Waals surface area contributed by atoms with E-state index in [9.17, 15) is 13.5 Å². The number of nitrogens with zero attached hydrogens (tertiary/aromatic N) is 7. The summed E-state index contributed by atoms with van der Waals surface area (Å²) >= 11 is 0. The SMILES string of the molecule is CN(C)S(=O)(=O)/N=C(\[O-])C[n+]1ncc(-c2ncccn2)cn1. The van der Waals surface area contributed by atoms with Crippen LogP contribution in [0.5, 0.6) is 0 Å². The highest BCUT2D eigenvalue weighted by molar-refractivity contribution is 7.87. The van der Waals surface area contributed by atoms with Crippen molar-refractivity contribution in [1.82, 2.24) is 24.5 Å². The van der Waals surface area contributed by atoms with Crippen LogP contribution in [0.15, 0.2) is 35.3 Å². The molecule has 11 heteroatoms. The van der Waals surface area contributed by atoms with E-state index < -0.39 is 16.1 Å². The molecule has 2 aromatic rings. The average molecular weight is 323 g/mol. The van der Waals surface area contributed by atoms with E-state index in [0.29, 0.717) is 11.4 Å². The molecule has 0 aliphatic rings. The molecular formula is C11H13N7O3S. The van der Waals surface area contributed by atoms with Crippen LogP contribution in [0.4, 0.5) is 0 Å². The third-order valence-corrected chi connectivity index (χ3v) is 3.80. The Hall–Kier alpha value is -2.53. The molecule has 0 N–H and O–H groups in total. The maximum absolute atomic E-state index is 11.6. The molecule has 0 bridgehead atoms. The summed E-state index contributed by atoms with van der Waals surface area (Å²) < 4.78 is 26.8. The van der Waals surface area contributed by atoms with E-state index >= 15 is 0 Å². The fourth-order valence-electron chi connectivity index (χ4n) is 1.33. The van der Waals surface area contributed by atoms with Crippen LogP contribution in [0.25, 0.3) is 11.4 Å². The minimum absolute atomic E-state index is 0.386. The molecule has 0 fully saturated rings. The van der Waals surface area contributed by atoms with Gasteiger partial charge in [0.15, 0.2) is 5.82 Å². The van der Waals surface area contributed by atoms with Gasteiger partial charge in [-0.3, -0.25) is 0 Å². The zero-order chi connectivity index (χ0) is 16.2. The minimum Gasteiger partial charge on any atom is -0.857 e. The van der Waals surface area contributed by atoms with Crippen LogP contribution in [0, 0.1) is 0 Å². The van der Waals surface area contributed by atoms with E-state index in [2.05, 4.69) is 24.6 Å². The van der Waals surface area contributed by atoms with Gasteiger partial charge >= 0.3 is 10.2 Å². The summed E-state index contributed by atoms with van der Waals surface area (Å²) in [5.74, 6) is -0.428. The Morgan fingerprint density at radius 3 is 2.41 bits per heavy atom. The van der Waals surface area contributed by atoms with E-state index in [4.69, 9.17) is 0 Å². The van der Waals surface area contributed by atoms with Gasteiger partial charge in [0, 0.05) is 41.5 Å². The first kappa shape index (κ1) is 15.9. The van der Waals surface area contributed by atoms with Crippen molar-refractivity contribution in [3.05, 3.63) is 30.9 Å². The van der Waals surface area contributed by atoms with Crippen LogP contribution < -0.4 is 9.90 Å². The molecule has 2 heterocycles. The molecule has 0 saturated carbocycles. The Labute approximate surface area is 127 Å². The molecule has 116 valence electrons. The summed E-state index contributed by atoms with van der Waals surface area (Å²) in [6.07, 6.45) is 6.02. The van der Waals surface area contributed by atoms with Gasteiger partial charge in [-0.15, -0.1) is 0 Å². The molecule has 10 nitrogen and oxygen atoms in total. The first-order valence-electron chi connectivity index (χ1n) is 6.06. The fourth-order valence-corrected chi connectivity index (χ4v) is 1.80. The van der Waals surface area contributed by atoms with Gasteiger partial charge in [0.1, 0.15) is 12.4 Å². The Morgan fingerprint density at radius 2 is 1.86 bits per heavy atom. The van der Waals surface area contributed by atoms with Gasteiger partial charge in [-0.25, -0.2) is 9.97 Å². The van der Waals surface area contributed by atoms with E-state index in [-0.39, 0.29) is 6.54 Å². The third kappa shape index (κ3) is 3.99. The molecule has 0 saturated heterocycles. The van der Waals surface area contributed by atoms with E-state index in [1.807, 2.05) is 0 Å². The highest BCUT2D eigenvalue weighted by Gasteiger charge is 2.13. The summed E-state index contributed by atoms with van der Waals surface area (Å²) in [6, 6.07) is 1.68. The van der Waals surface area contributed by atoms with Crippen molar-refractivity contribution < 1.29 is 18.3 Å². The number of hydrogen-bond acceptors (Lipinski definition) is 7. The van der Waals surface area contributed by atoms with Crippen molar-refractivity contribution in [2.75, 3.05) is 14.1 Å². The summed E-state index contributed by atoms with van der Waals surface area (Å²) in [6.45, 7) is -0.386. The predicted molar refractivity (Wildman–Crippen MR) is 73.3 cm³/mol. The zero-order valence-corrected chi connectivity index (χ0v) is 12.7. The van der Waals surface area contributed by atoms with Gasteiger partial charge in [0.05, 0.1) is 11.5 Å². The Bertz CT molecular complexity index is 760. The second-order valence-corrected chi connectivity index (χ2v) is 6.10. The Morgan fingerprint density at radius 1 is 1.27 bits per heavy atom. The standard InChI is InChI=1S/C11H13N7O3S/c1-17(2)22(20,21)16-10(19)8-18-14-6-9(7-15-18)11-12-4-3-5-13-11/h3-7H,8H2,1-2H3. The van der Waals surface area contributed by atoms with Crippen LogP contribution in [-0.4, -0.2) is 52.9 Å². The Balaban J connectivity index is 2.14. The van der Waals surface area contributed by atoms with Crippen molar-refractivity contribution in [1.29, 1.82) is 0 Å². The first-order valence-corrected chi connectivity index (χ1v) is 7.46. The molecule has 0 amide bonds. The van der Waals surface area contributed by atoms with Gasteiger partial charge in [0.25, 0.3) is 0 Å². The molecule has 0 radical (unpaired) electrons. The first-order chi connectivity index (χ1) is 10.4. The van der Waals surface area contributed by atoms with Gasteiger partial charge in [-0.05, 0) is 6.07 Å². The van der Waals surface area contributed by atoms with Crippen molar-refractivity contribution in [3.63, 3.8) is 0 Å². The summed E-state index contributed by atoms with van der Waals surface area (Å²) in [5.41, 5.74) is 0.571. The molecule has 0 spiro atoms. The predicted octanol–water partition coefficient (Wildman–Crippen LogP) is -2.21. The van der Waals surface area contributed by atoms with Gasteiger partial charge in [0.2, 0.25) is 6.54 Å². The van der Waals surface area contributed by atoms with Crippen molar-refractivity contribution in [2.24, 2.45) is 4.40 Å². The molecule has 22 heavy (non-hydrogen) atoms. The van der Waals surface area contributed by atoms with Crippen LogP contribution in [0.2, 0.25) is 0 Å². The van der Waals surface area contributed by atoms with Crippen molar-refractivity contribution >= 4 is 16.1 Å². The highest BCUT2D eigenvalue weighted by Crippen LogP contribution is 2.07. The van der Waals surface area contributed by atoms with Crippen LogP contribution in [0.3, 0.4) is 0 Å². The maximum atomic E-state index is 11.6. The topological polar surface area (TPSA) is 128 Å². The molecule has 2 aromatic heterocycles. The number of hydrogen-bond donors (Lipinski definition) is 0. The molecule has 0 aliphatic carbocycles. The second-order valence-electron chi connectivity index (χ2n) is 4.29. The number of aromatic nitrogens is 5. The summed E-state index contributed by atoms with van der Waals surface area (Å²) in [7, 11) is -1.38. The summed E-state index contributed by atoms with van der Waals surface area (Å²) in [4.78, 5) is 9.10. The average Bonchev–Trinajstić information content (AvgIpc) is 2.48. The molecule has 0 aromatic carbocycles. The molecule has 0 unspecified atom stereocenters. The lowest BCUT2D eigenvalue weighted by Crippen LogP contribution is -2.48. The van der Waals surface area contributed by atoms with Gasteiger partial charge in [-0.2, -0.15) is 17.1 Å². The van der Waals surface area contributed by atoms with Crippen LogP contribution in [0.1, 0.15) is 0 Å². The van der Waals surface area contributed by atoms with Crippen LogP contribution in [-0.2, 0) is 16.8 Å². The normalized spacial score (nSPS) is 12.6. The lowest BCUT2D eigenvalue weighted by Gasteiger charge is -2.09. The smallest absolute Gasteiger partial charge is 0.321 e. The summed E-state index contributed by atoms with van der Waals surface area (Å²) in [5, 5.41) is 19.4. The molecule has 2 rings (SSSR count). The molecule has 0 aliphatic heterocycles. The Kier molecular flexibility index (Phi) is 4.68. The second kappa shape index (κ2) is 6.49. The molecule has 0 atom stereocenters. The third-order valence-electron chi connectivity index (χ3n) is 2.44. The lowest BCUT2D eigenvalue weighted by molar-refractivity contribution is -0.798.